The number of nitrogens with one attached hydrogen (secondary N) is 2. The highest BCUT2D eigenvalue weighted by Crippen LogP contribution is 2.19. The summed E-state index contributed by atoms with van der Waals surface area (Å²) < 4.78 is 13.2. The molecule has 1 atom stereocenters. The number of halogens is 2. The van der Waals surface area contributed by atoms with Crippen LogP contribution in [0.3, 0.4) is 0 Å². The van der Waals surface area contributed by atoms with E-state index in [-0.39, 0.29) is 23.4 Å². The lowest BCUT2D eigenvalue weighted by molar-refractivity contribution is -0.129. The molecule has 0 radical (unpaired) electrons. The molecule has 0 saturated heterocycles. The smallest absolute Gasteiger partial charge is 0.248 e. The molecule has 7 heteroatoms. The molecule has 2 rings (SSSR count). The molecule has 2 aromatic carbocycles. The molecular weight excluding hydrogens is 363 g/mol. The molecule has 1 unspecified atom stereocenters. The molecule has 2 aromatic rings. The average molecular weight is 381 g/mol. The number of carbonyl (C=O) groups excluding carboxylic acids is 2. The number of thioether (sulfide) groups is 1. The molecular formula is C18H18ClFN2O2S. The van der Waals surface area contributed by atoms with Gasteiger partial charge in [-0.05, 0) is 48.4 Å². The minimum absolute atomic E-state index is 0.167. The summed E-state index contributed by atoms with van der Waals surface area (Å²) in [5.41, 5.74) is 5.51. The molecule has 25 heavy (non-hydrogen) atoms. The number of hydrogen-bond donors (Lipinski definition) is 2. The maximum absolute atomic E-state index is 13.2. The monoisotopic (exact) mass is 380 g/mol. The van der Waals surface area contributed by atoms with Gasteiger partial charge in [0.15, 0.2) is 0 Å². The van der Waals surface area contributed by atoms with Crippen molar-refractivity contribution in [1.82, 2.24) is 10.9 Å². The SMILES string of the molecule is CC(Cc1cccc(F)c1)C(=O)NNC(=O)CSc1ccc(Cl)cc1. The van der Waals surface area contributed by atoms with Crippen molar-refractivity contribution in [3.8, 4) is 0 Å². The largest absolute Gasteiger partial charge is 0.273 e. The van der Waals surface area contributed by atoms with Gasteiger partial charge in [0.2, 0.25) is 11.8 Å². The highest BCUT2D eigenvalue weighted by molar-refractivity contribution is 8.00. The summed E-state index contributed by atoms with van der Waals surface area (Å²) in [5.74, 6) is -1.20. The van der Waals surface area contributed by atoms with Gasteiger partial charge in [-0.25, -0.2) is 4.39 Å². The van der Waals surface area contributed by atoms with Gasteiger partial charge in [-0.2, -0.15) is 0 Å². The second kappa shape index (κ2) is 9.44. The zero-order chi connectivity index (χ0) is 18.2. The van der Waals surface area contributed by atoms with Gasteiger partial charge in [0, 0.05) is 15.8 Å². The van der Waals surface area contributed by atoms with Crippen molar-refractivity contribution >= 4 is 35.2 Å². The second-order valence-corrected chi connectivity index (χ2v) is 7.00. The van der Waals surface area contributed by atoms with Gasteiger partial charge in [0.05, 0.1) is 5.75 Å². The first-order chi connectivity index (χ1) is 11.9. The average Bonchev–Trinajstić information content (AvgIpc) is 2.59. The molecule has 0 bridgehead atoms. The van der Waals surface area contributed by atoms with Crippen LogP contribution in [0.2, 0.25) is 5.02 Å². The number of benzene rings is 2. The molecule has 0 spiro atoms. The van der Waals surface area contributed by atoms with Gasteiger partial charge in [0.25, 0.3) is 0 Å². The first-order valence-electron chi connectivity index (χ1n) is 7.65. The van der Waals surface area contributed by atoms with E-state index < -0.39 is 5.92 Å². The first kappa shape index (κ1) is 19.3. The maximum atomic E-state index is 13.2. The predicted molar refractivity (Wildman–Crippen MR) is 97.7 cm³/mol. The van der Waals surface area contributed by atoms with E-state index in [9.17, 15) is 14.0 Å². The van der Waals surface area contributed by atoms with Gasteiger partial charge in [-0.1, -0.05) is 30.7 Å². The van der Waals surface area contributed by atoms with Crippen LogP contribution < -0.4 is 10.9 Å². The van der Waals surface area contributed by atoms with Crippen molar-refractivity contribution in [1.29, 1.82) is 0 Å². The fourth-order valence-electron chi connectivity index (χ4n) is 2.08. The molecule has 0 aromatic heterocycles. The normalized spacial score (nSPS) is 11.6. The van der Waals surface area contributed by atoms with Crippen LogP contribution in [-0.2, 0) is 16.0 Å². The Balaban J connectivity index is 1.72. The van der Waals surface area contributed by atoms with Gasteiger partial charge in [-0.3, -0.25) is 20.4 Å². The third-order valence-corrected chi connectivity index (χ3v) is 4.65. The molecule has 2 amide bonds. The topological polar surface area (TPSA) is 58.2 Å². The fourth-order valence-corrected chi connectivity index (χ4v) is 2.90. The Bertz CT molecular complexity index is 740. The van der Waals surface area contributed by atoms with E-state index in [4.69, 9.17) is 11.6 Å². The summed E-state index contributed by atoms with van der Waals surface area (Å²) in [6.07, 6.45) is 0.388. The lowest BCUT2D eigenvalue weighted by Gasteiger charge is -2.13. The molecule has 2 N–H and O–H groups in total. The second-order valence-electron chi connectivity index (χ2n) is 5.52. The van der Waals surface area contributed by atoms with E-state index in [1.54, 1.807) is 31.2 Å². The quantitative estimate of drug-likeness (QED) is 0.594. The van der Waals surface area contributed by atoms with Gasteiger partial charge in [-0.15, -0.1) is 11.8 Å². The molecule has 0 heterocycles. The van der Waals surface area contributed by atoms with Crippen LogP contribution in [-0.4, -0.2) is 17.6 Å². The van der Waals surface area contributed by atoms with E-state index in [1.807, 2.05) is 12.1 Å². The van der Waals surface area contributed by atoms with E-state index in [2.05, 4.69) is 10.9 Å². The molecule has 132 valence electrons. The maximum Gasteiger partial charge on any atom is 0.248 e. The first-order valence-corrected chi connectivity index (χ1v) is 9.02. The van der Waals surface area contributed by atoms with Gasteiger partial charge in [0.1, 0.15) is 5.82 Å². The van der Waals surface area contributed by atoms with Crippen LogP contribution in [0.1, 0.15) is 12.5 Å². The van der Waals surface area contributed by atoms with Gasteiger partial charge < -0.3 is 0 Å². The minimum Gasteiger partial charge on any atom is -0.273 e. The number of hydrazine groups is 1. The molecule has 0 aliphatic heterocycles. The predicted octanol–water partition coefficient (Wildman–Crippen LogP) is 3.60. The lowest BCUT2D eigenvalue weighted by atomic mass is 10.0. The third-order valence-electron chi connectivity index (χ3n) is 3.39. The Morgan fingerprint density at radius 2 is 1.88 bits per heavy atom. The number of amides is 2. The number of carbonyl (C=O) groups is 2. The summed E-state index contributed by atoms with van der Waals surface area (Å²) in [4.78, 5) is 24.7. The summed E-state index contributed by atoms with van der Waals surface area (Å²) in [7, 11) is 0. The Hall–Kier alpha value is -2.05. The Labute approximate surface area is 155 Å². The number of hydrogen-bond acceptors (Lipinski definition) is 3. The van der Waals surface area contributed by atoms with E-state index in [0.29, 0.717) is 11.4 Å². The van der Waals surface area contributed by atoms with E-state index in [1.165, 1.54) is 23.9 Å². The highest BCUT2D eigenvalue weighted by atomic mass is 35.5. The van der Waals surface area contributed by atoms with Crippen molar-refractivity contribution in [3.05, 3.63) is 64.9 Å². The van der Waals surface area contributed by atoms with Crippen LogP contribution in [0.15, 0.2) is 53.4 Å². The van der Waals surface area contributed by atoms with Crippen LogP contribution in [0, 0.1) is 11.7 Å². The summed E-state index contributed by atoms with van der Waals surface area (Å²) in [6.45, 7) is 1.72. The zero-order valence-electron chi connectivity index (χ0n) is 13.6. The minimum atomic E-state index is -0.397. The van der Waals surface area contributed by atoms with Crippen molar-refractivity contribution in [3.63, 3.8) is 0 Å². The molecule has 4 nitrogen and oxygen atoms in total. The summed E-state index contributed by atoms with van der Waals surface area (Å²) in [6, 6.07) is 13.2. The molecule has 0 aliphatic rings. The van der Waals surface area contributed by atoms with Crippen LogP contribution in [0.25, 0.3) is 0 Å². The van der Waals surface area contributed by atoms with Crippen LogP contribution >= 0.6 is 23.4 Å². The van der Waals surface area contributed by atoms with Crippen molar-refractivity contribution in [2.45, 2.75) is 18.2 Å². The highest BCUT2D eigenvalue weighted by Gasteiger charge is 2.14. The Kier molecular flexibility index (Phi) is 7.28. The summed E-state index contributed by atoms with van der Waals surface area (Å²) in [5, 5.41) is 0.633. The Morgan fingerprint density at radius 1 is 1.16 bits per heavy atom. The van der Waals surface area contributed by atoms with Crippen LogP contribution in [0.4, 0.5) is 4.39 Å². The van der Waals surface area contributed by atoms with E-state index in [0.717, 1.165) is 10.5 Å². The molecule has 0 saturated carbocycles. The Morgan fingerprint density at radius 3 is 2.56 bits per heavy atom. The van der Waals surface area contributed by atoms with Crippen molar-refractivity contribution in [2.75, 3.05) is 5.75 Å². The third kappa shape index (κ3) is 6.76. The molecule has 0 aliphatic carbocycles. The van der Waals surface area contributed by atoms with Gasteiger partial charge >= 0.3 is 0 Å². The summed E-state index contributed by atoms with van der Waals surface area (Å²) >= 11 is 7.14. The van der Waals surface area contributed by atoms with E-state index >= 15 is 0 Å². The zero-order valence-corrected chi connectivity index (χ0v) is 15.2. The van der Waals surface area contributed by atoms with Crippen molar-refractivity contribution in [2.24, 2.45) is 5.92 Å². The molecule has 0 fully saturated rings. The van der Waals surface area contributed by atoms with Crippen LogP contribution in [0.5, 0.6) is 0 Å². The number of rotatable bonds is 6. The lowest BCUT2D eigenvalue weighted by Crippen LogP contribution is -2.45. The standard InChI is InChI=1S/C18H18ClFN2O2S/c1-12(9-13-3-2-4-15(20)10-13)18(24)22-21-17(23)11-25-16-7-5-14(19)6-8-16/h2-8,10,12H,9,11H2,1H3,(H,21,23)(H,22,24). The fraction of sp³-hybridized carbons (Fsp3) is 0.222. The van der Waals surface area contributed by atoms with Crippen molar-refractivity contribution < 1.29 is 14.0 Å².